The fourth-order valence-corrected chi connectivity index (χ4v) is 4.04. The first kappa shape index (κ1) is 26.9. The molecule has 0 nitrogen and oxygen atoms in total. The fourth-order valence-electron chi connectivity index (χ4n) is 4.04. The van der Waals surface area contributed by atoms with Gasteiger partial charge in [0.25, 0.3) is 0 Å². The van der Waals surface area contributed by atoms with Gasteiger partial charge in [-0.25, -0.2) is 5.57 Å². The smallest absolute Gasteiger partial charge is 0.0392 e. The van der Waals surface area contributed by atoms with Crippen LogP contribution in [-0.2, 0) is 23.3 Å². The Morgan fingerprint density at radius 2 is 1.47 bits per heavy atom. The minimum Gasteiger partial charge on any atom is -0.150 e. The first-order chi connectivity index (χ1) is 15.0. The zero-order valence-corrected chi connectivity index (χ0v) is 25.1. The number of fused-ring (bicyclic) bond motifs is 1. The van der Waals surface area contributed by atoms with Crippen LogP contribution in [0.15, 0.2) is 59.2 Å². The second-order valence-electron chi connectivity index (χ2n) is 9.25. The quantitative estimate of drug-likeness (QED) is 0.223. The Hall–Kier alpha value is -1.37. The Morgan fingerprint density at radius 1 is 0.875 bits per heavy atom. The second kappa shape index (κ2) is 11.7. The SMILES string of the molecule is CC1=[C-]C(C)C(C)=C1C.C[Si](C)=[Zr+2].Cc1cc(-c2c[cH-]c3ccccc23)c(C)c(C)c1C. The minimum absolute atomic E-state index is 0.210. The van der Waals surface area contributed by atoms with Gasteiger partial charge in [0.05, 0.1) is 0 Å². The molecule has 0 spiro atoms. The third-order valence-electron chi connectivity index (χ3n) is 6.69. The summed E-state index contributed by atoms with van der Waals surface area (Å²) in [6.07, 6.45) is 3.36. The average Bonchev–Trinajstić information content (AvgIpc) is 3.26. The van der Waals surface area contributed by atoms with Crippen LogP contribution in [0.1, 0.15) is 49.9 Å². The van der Waals surface area contributed by atoms with E-state index in [0.717, 1.165) is 0 Å². The van der Waals surface area contributed by atoms with Gasteiger partial charge in [-0.05, 0) is 44.4 Å². The normalized spacial score (nSPS) is 15.1. The summed E-state index contributed by atoms with van der Waals surface area (Å²) in [5.74, 6) is 0.560. The Balaban J connectivity index is 0.000000233. The molecule has 0 bridgehead atoms. The molecular formula is C30H38SiZr. The van der Waals surface area contributed by atoms with E-state index in [1.54, 1.807) is 23.3 Å². The molecule has 0 aromatic heterocycles. The summed E-state index contributed by atoms with van der Waals surface area (Å²) in [6.45, 7) is 22.2. The molecule has 2 heteroatoms. The van der Waals surface area contributed by atoms with Gasteiger partial charge in [-0.1, -0.05) is 49.9 Å². The maximum absolute atomic E-state index is 3.36. The van der Waals surface area contributed by atoms with Gasteiger partial charge in [0.1, 0.15) is 0 Å². The summed E-state index contributed by atoms with van der Waals surface area (Å²) in [5.41, 5.74) is 12.8. The molecule has 0 saturated heterocycles. The van der Waals surface area contributed by atoms with Crippen LogP contribution < -0.4 is 0 Å². The van der Waals surface area contributed by atoms with E-state index in [9.17, 15) is 0 Å². The molecule has 32 heavy (non-hydrogen) atoms. The molecule has 1 atom stereocenters. The van der Waals surface area contributed by atoms with E-state index < -0.39 is 0 Å². The number of allylic oxidation sites excluding steroid dienone is 4. The van der Waals surface area contributed by atoms with Crippen LogP contribution in [0.2, 0.25) is 13.1 Å². The molecule has 0 amide bonds. The Kier molecular flexibility index (Phi) is 9.80. The van der Waals surface area contributed by atoms with Gasteiger partial charge in [0.15, 0.2) is 0 Å². The fraction of sp³-hybridized carbons (Fsp3) is 0.367. The van der Waals surface area contributed by atoms with E-state index in [0.29, 0.717) is 5.92 Å². The van der Waals surface area contributed by atoms with Crippen molar-refractivity contribution in [2.24, 2.45) is 5.92 Å². The summed E-state index contributed by atoms with van der Waals surface area (Å²) >= 11 is 1.74. The molecule has 0 radical (unpaired) electrons. The van der Waals surface area contributed by atoms with Crippen LogP contribution in [0.25, 0.3) is 21.9 Å². The van der Waals surface area contributed by atoms with Gasteiger partial charge in [0, 0.05) is 0 Å². The average molecular weight is 518 g/mol. The number of rotatable bonds is 1. The zero-order valence-electron chi connectivity index (χ0n) is 21.6. The predicted octanol–water partition coefficient (Wildman–Crippen LogP) is 8.97. The van der Waals surface area contributed by atoms with Crippen LogP contribution in [0, 0.1) is 39.7 Å². The first-order valence-corrected chi connectivity index (χ1v) is 17.7. The summed E-state index contributed by atoms with van der Waals surface area (Å²) < 4.78 is 0. The van der Waals surface area contributed by atoms with Gasteiger partial charge in [-0.2, -0.15) is 11.1 Å². The van der Waals surface area contributed by atoms with Crippen molar-refractivity contribution in [3.63, 3.8) is 0 Å². The van der Waals surface area contributed by atoms with Crippen molar-refractivity contribution < 1.29 is 23.3 Å². The van der Waals surface area contributed by atoms with Gasteiger partial charge >= 0.3 is 41.9 Å². The van der Waals surface area contributed by atoms with E-state index >= 15 is 0 Å². The van der Waals surface area contributed by atoms with Crippen molar-refractivity contribution in [1.82, 2.24) is 0 Å². The Bertz CT molecular complexity index is 1180. The molecule has 166 valence electrons. The van der Waals surface area contributed by atoms with E-state index in [2.05, 4.69) is 117 Å². The number of aryl methyl sites for hydroxylation is 1. The minimum atomic E-state index is 0.210. The Morgan fingerprint density at radius 3 is 1.97 bits per heavy atom. The van der Waals surface area contributed by atoms with Crippen LogP contribution in [0.3, 0.4) is 0 Å². The molecule has 1 aliphatic rings. The molecule has 3 aromatic carbocycles. The van der Waals surface area contributed by atoms with E-state index in [-0.39, 0.29) is 5.43 Å². The van der Waals surface area contributed by atoms with Crippen molar-refractivity contribution >= 4 is 16.2 Å². The van der Waals surface area contributed by atoms with Gasteiger partial charge in [-0.15, -0.1) is 53.6 Å². The molecule has 0 aliphatic heterocycles. The summed E-state index contributed by atoms with van der Waals surface area (Å²) in [5, 5.41) is 2.68. The second-order valence-corrected chi connectivity index (χ2v) is 18.6. The molecule has 1 aliphatic carbocycles. The van der Waals surface area contributed by atoms with Crippen molar-refractivity contribution in [1.29, 1.82) is 0 Å². The van der Waals surface area contributed by atoms with E-state index in [1.807, 2.05) is 0 Å². The summed E-state index contributed by atoms with van der Waals surface area (Å²) in [4.78, 5) is 0. The van der Waals surface area contributed by atoms with E-state index in [1.165, 1.54) is 60.9 Å². The van der Waals surface area contributed by atoms with Crippen LogP contribution >= 0.6 is 0 Å². The predicted molar refractivity (Wildman–Crippen MR) is 141 cm³/mol. The summed E-state index contributed by atoms with van der Waals surface area (Å²) in [6, 6.07) is 15.4. The Labute approximate surface area is 211 Å². The monoisotopic (exact) mass is 516 g/mol. The third kappa shape index (κ3) is 6.36. The van der Waals surface area contributed by atoms with Crippen molar-refractivity contribution in [3.8, 4) is 11.1 Å². The maximum Gasteiger partial charge on any atom is -0.0392 e. The maximum atomic E-state index is 3.36. The molecule has 1 unspecified atom stereocenters. The molecule has 4 rings (SSSR count). The van der Waals surface area contributed by atoms with Gasteiger partial charge in [0.2, 0.25) is 0 Å². The van der Waals surface area contributed by atoms with Crippen LogP contribution in [0.5, 0.6) is 0 Å². The van der Waals surface area contributed by atoms with Crippen molar-refractivity contribution in [2.75, 3.05) is 0 Å². The zero-order chi connectivity index (χ0) is 24.2. The number of benzene rings is 2. The van der Waals surface area contributed by atoms with E-state index in [4.69, 9.17) is 0 Å². The molecular weight excluding hydrogens is 480 g/mol. The van der Waals surface area contributed by atoms with Crippen molar-refractivity contribution in [2.45, 2.75) is 68.5 Å². The topological polar surface area (TPSA) is 0 Å². The standard InChI is InChI=1S/C19H19.C9H13.C2H6Si.Zr/c1-12-11-19(15(4)14(3)13(12)2)18-10-9-16-7-5-6-8-17(16)18;1-6-5-7(2)9(4)8(6)3;1-3-2;/h5-11H,1-4H3;6H,1-4H3;1-2H3;/q2*-1;;+2. The van der Waals surface area contributed by atoms with Crippen LogP contribution in [0.4, 0.5) is 0 Å². The summed E-state index contributed by atoms with van der Waals surface area (Å²) in [7, 11) is 0. The molecule has 0 fully saturated rings. The first-order valence-electron chi connectivity index (χ1n) is 11.5. The van der Waals surface area contributed by atoms with Gasteiger partial charge < -0.3 is 0 Å². The van der Waals surface area contributed by atoms with Crippen molar-refractivity contribution in [3.05, 3.63) is 87.5 Å². The number of hydrogen-bond donors (Lipinski definition) is 0. The molecule has 3 aromatic rings. The molecule has 0 N–H and O–H groups in total. The van der Waals surface area contributed by atoms with Crippen LogP contribution in [-0.4, -0.2) is 5.43 Å². The largest absolute Gasteiger partial charge is 0.150 e. The number of hydrogen-bond acceptors (Lipinski definition) is 0. The third-order valence-corrected chi connectivity index (χ3v) is 6.69. The molecule has 0 saturated carbocycles. The molecule has 0 heterocycles. The van der Waals surface area contributed by atoms with Gasteiger partial charge in [-0.3, -0.25) is 6.08 Å².